The molecule has 7 heteroatoms. The van der Waals surface area contributed by atoms with E-state index in [9.17, 15) is 5.11 Å². The molecule has 0 spiro atoms. The van der Waals surface area contributed by atoms with Crippen molar-refractivity contribution in [2.75, 3.05) is 20.8 Å². The van der Waals surface area contributed by atoms with Crippen LogP contribution in [-0.4, -0.2) is 48.5 Å². The van der Waals surface area contributed by atoms with Gasteiger partial charge in [-0.1, -0.05) is 23.4 Å². The Kier molecular flexibility index (Phi) is 4.21. The monoisotopic (exact) mass is 306 g/mol. The summed E-state index contributed by atoms with van der Waals surface area (Å²) in [5, 5.41) is 14.9. The number of ether oxygens (including phenoxy) is 3. The van der Waals surface area contributed by atoms with Crippen LogP contribution in [0.1, 0.15) is 12.2 Å². The number of hydrogen-bond acceptors (Lipinski definition) is 7. The van der Waals surface area contributed by atoms with Crippen molar-refractivity contribution in [2.24, 2.45) is 0 Å². The topological polar surface area (TPSA) is 86.8 Å². The minimum Gasteiger partial charge on any atom is -0.379 e. The third-order valence-electron chi connectivity index (χ3n) is 3.80. The molecule has 0 amide bonds. The molecule has 7 nitrogen and oxygen atoms in total. The quantitative estimate of drug-likeness (QED) is 0.834. The highest BCUT2D eigenvalue weighted by atomic mass is 16.7. The van der Waals surface area contributed by atoms with E-state index in [1.54, 1.807) is 0 Å². The second kappa shape index (κ2) is 6.13. The van der Waals surface area contributed by atoms with Crippen LogP contribution < -0.4 is 0 Å². The van der Waals surface area contributed by atoms with Crippen LogP contribution >= 0.6 is 0 Å². The van der Waals surface area contributed by atoms with E-state index in [1.807, 2.05) is 30.3 Å². The SMILES string of the molecule is COC(OC)C1OCCC1(O)c1noc(-c2ccccc2)n1. The van der Waals surface area contributed by atoms with Gasteiger partial charge >= 0.3 is 0 Å². The fraction of sp³-hybridized carbons (Fsp3) is 0.467. The van der Waals surface area contributed by atoms with Crippen molar-refractivity contribution in [2.45, 2.75) is 24.4 Å². The Hall–Kier alpha value is -1.80. The minimum absolute atomic E-state index is 0.174. The molecule has 1 fully saturated rings. The fourth-order valence-electron chi connectivity index (χ4n) is 2.61. The molecule has 1 saturated heterocycles. The molecule has 1 aromatic carbocycles. The second-order valence-electron chi connectivity index (χ2n) is 5.09. The van der Waals surface area contributed by atoms with Gasteiger partial charge in [0.1, 0.15) is 6.10 Å². The van der Waals surface area contributed by atoms with Crippen molar-refractivity contribution in [3.63, 3.8) is 0 Å². The molecule has 2 aromatic rings. The van der Waals surface area contributed by atoms with Gasteiger partial charge in [-0.3, -0.25) is 0 Å². The number of hydrogen-bond donors (Lipinski definition) is 1. The Bertz CT molecular complexity index is 613. The molecule has 0 saturated carbocycles. The summed E-state index contributed by atoms with van der Waals surface area (Å²) in [6, 6.07) is 9.37. The Labute approximate surface area is 127 Å². The highest BCUT2D eigenvalue weighted by molar-refractivity contribution is 5.52. The number of rotatable bonds is 5. The van der Waals surface area contributed by atoms with Crippen LogP contribution in [0.25, 0.3) is 11.5 Å². The van der Waals surface area contributed by atoms with E-state index in [4.69, 9.17) is 18.7 Å². The van der Waals surface area contributed by atoms with Crippen LogP contribution in [0.3, 0.4) is 0 Å². The highest BCUT2D eigenvalue weighted by Gasteiger charge is 2.52. The summed E-state index contributed by atoms with van der Waals surface area (Å²) < 4.78 is 21.2. The molecule has 0 bridgehead atoms. The van der Waals surface area contributed by atoms with Crippen LogP contribution in [0.15, 0.2) is 34.9 Å². The molecule has 0 radical (unpaired) electrons. The Morgan fingerprint density at radius 1 is 1.27 bits per heavy atom. The minimum atomic E-state index is -1.41. The predicted octanol–water partition coefficient (Wildman–Crippen LogP) is 1.33. The number of nitrogens with zero attached hydrogens (tertiary/aromatic N) is 2. The van der Waals surface area contributed by atoms with E-state index in [0.29, 0.717) is 18.9 Å². The van der Waals surface area contributed by atoms with E-state index in [2.05, 4.69) is 10.1 Å². The largest absolute Gasteiger partial charge is 0.379 e. The molecule has 3 rings (SSSR count). The summed E-state index contributed by atoms with van der Waals surface area (Å²) in [4.78, 5) is 4.32. The first-order chi connectivity index (χ1) is 10.7. The van der Waals surface area contributed by atoms with Gasteiger partial charge in [-0.15, -0.1) is 0 Å². The standard InChI is InChI=1S/C15H18N2O5/c1-19-13(20-2)11-15(18,8-9-21-11)14-16-12(22-17-14)10-6-4-3-5-7-10/h3-7,11,13,18H,8-9H2,1-2H3. The molecular weight excluding hydrogens is 288 g/mol. The van der Waals surface area contributed by atoms with E-state index >= 15 is 0 Å². The number of aliphatic hydroxyl groups is 1. The van der Waals surface area contributed by atoms with E-state index in [-0.39, 0.29) is 5.82 Å². The lowest BCUT2D eigenvalue weighted by Crippen LogP contribution is -2.45. The number of aromatic nitrogens is 2. The van der Waals surface area contributed by atoms with Crippen molar-refractivity contribution in [1.29, 1.82) is 0 Å². The predicted molar refractivity (Wildman–Crippen MR) is 75.8 cm³/mol. The lowest BCUT2D eigenvalue weighted by Gasteiger charge is -2.29. The third kappa shape index (κ3) is 2.52. The van der Waals surface area contributed by atoms with Crippen LogP contribution in [0, 0.1) is 0 Å². The van der Waals surface area contributed by atoms with Gasteiger partial charge in [0.15, 0.2) is 11.9 Å². The van der Waals surface area contributed by atoms with Gasteiger partial charge in [-0.2, -0.15) is 4.98 Å². The van der Waals surface area contributed by atoms with Crippen molar-refractivity contribution >= 4 is 0 Å². The van der Waals surface area contributed by atoms with E-state index < -0.39 is 18.0 Å². The van der Waals surface area contributed by atoms with Crippen molar-refractivity contribution < 1.29 is 23.8 Å². The molecular formula is C15H18N2O5. The maximum absolute atomic E-state index is 10.9. The Morgan fingerprint density at radius 2 is 2.00 bits per heavy atom. The van der Waals surface area contributed by atoms with Crippen LogP contribution in [0.2, 0.25) is 0 Å². The summed E-state index contributed by atoms with van der Waals surface area (Å²) in [5.74, 6) is 0.522. The summed E-state index contributed by atoms with van der Waals surface area (Å²) in [7, 11) is 2.98. The second-order valence-corrected chi connectivity index (χ2v) is 5.09. The molecule has 22 heavy (non-hydrogen) atoms. The van der Waals surface area contributed by atoms with Gasteiger partial charge in [0.25, 0.3) is 5.89 Å². The average Bonchev–Trinajstić information content (AvgIpc) is 3.18. The van der Waals surface area contributed by atoms with E-state index in [0.717, 1.165) is 5.56 Å². The highest BCUT2D eigenvalue weighted by Crippen LogP contribution is 2.37. The molecule has 1 aliphatic rings. The Morgan fingerprint density at radius 3 is 2.68 bits per heavy atom. The summed E-state index contributed by atoms with van der Waals surface area (Å²) in [6.45, 7) is 0.361. The zero-order valence-corrected chi connectivity index (χ0v) is 12.4. The van der Waals surface area contributed by atoms with Crippen molar-refractivity contribution in [3.05, 3.63) is 36.2 Å². The van der Waals surface area contributed by atoms with Gasteiger partial charge in [0, 0.05) is 26.2 Å². The summed E-state index contributed by atoms with van der Waals surface area (Å²) in [5.41, 5.74) is -0.622. The normalized spacial score (nSPS) is 25.0. The summed E-state index contributed by atoms with van der Waals surface area (Å²) in [6.07, 6.45) is -1.09. The third-order valence-corrected chi connectivity index (χ3v) is 3.80. The number of benzene rings is 1. The molecule has 1 N–H and O–H groups in total. The molecule has 118 valence electrons. The van der Waals surface area contributed by atoms with Gasteiger partial charge in [0.2, 0.25) is 5.82 Å². The van der Waals surface area contributed by atoms with Crippen LogP contribution in [-0.2, 0) is 19.8 Å². The van der Waals surface area contributed by atoms with Gasteiger partial charge in [-0.05, 0) is 12.1 Å². The molecule has 1 aliphatic heterocycles. The smallest absolute Gasteiger partial charge is 0.258 e. The van der Waals surface area contributed by atoms with Gasteiger partial charge in [0.05, 0.1) is 6.61 Å². The lowest BCUT2D eigenvalue weighted by atomic mass is 9.94. The van der Waals surface area contributed by atoms with Crippen molar-refractivity contribution in [1.82, 2.24) is 10.1 Å². The Balaban J connectivity index is 1.91. The zero-order chi connectivity index (χ0) is 15.6. The summed E-state index contributed by atoms with van der Waals surface area (Å²) >= 11 is 0. The van der Waals surface area contributed by atoms with Crippen molar-refractivity contribution in [3.8, 4) is 11.5 Å². The first kappa shape index (κ1) is 15.1. The molecule has 2 atom stereocenters. The van der Waals surface area contributed by atoms with Crippen LogP contribution in [0.4, 0.5) is 0 Å². The maximum Gasteiger partial charge on any atom is 0.258 e. The zero-order valence-electron chi connectivity index (χ0n) is 12.4. The lowest BCUT2D eigenvalue weighted by molar-refractivity contribution is -0.210. The molecule has 0 aliphatic carbocycles. The van der Waals surface area contributed by atoms with E-state index in [1.165, 1.54) is 14.2 Å². The molecule has 2 unspecified atom stereocenters. The molecule has 1 aromatic heterocycles. The first-order valence-electron chi connectivity index (χ1n) is 6.98. The maximum atomic E-state index is 10.9. The number of methoxy groups -OCH3 is 2. The van der Waals surface area contributed by atoms with Gasteiger partial charge in [-0.25, -0.2) is 0 Å². The first-order valence-corrected chi connectivity index (χ1v) is 6.98. The van der Waals surface area contributed by atoms with Crippen LogP contribution in [0.5, 0.6) is 0 Å². The average molecular weight is 306 g/mol. The fourth-order valence-corrected chi connectivity index (χ4v) is 2.61. The van der Waals surface area contributed by atoms with Gasteiger partial charge < -0.3 is 23.8 Å². The molecule has 2 heterocycles.